The minimum atomic E-state index is -1.07. The third kappa shape index (κ3) is 3.61. The maximum atomic E-state index is 12.0. The number of carboxylic acids is 1. The molecule has 4 nitrogen and oxygen atoms in total. The summed E-state index contributed by atoms with van der Waals surface area (Å²) in [6, 6.07) is 12.2. The van der Waals surface area contributed by atoms with Gasteiger partial charge >= 0.3 is 5.97 Å². The summed E-state index contributed by atoms with van der Waals surface area (Å²) in [5.74, 6) is -1.44. The molecule has 0 aliphatic carbocycles. The minimum absolute atomic E-state index is 0.0657. The number of rotatable bonds is 4. The Hall–Kier alpha value is -2.88. The van der Waals surface area contributed by atoms with E-state index in [1.54, 1.807) is 24.3 Å². The lowest BCUT2D eigenvalue weighted by molar-refractivity contribution is -0.111. The molecule has 2 rings (SSSR count). The summed E-state index contributed by atoms with van der Waals surface area (Å²) in [7, 11) is 0. The van der Waals surface area contributed by atoms with Crippen molar-refractivity contribution < 1.29 is 14.7 Å². The van der Waals surface area contributed by atoms with E-state index in [0.29, 0.717) is 0 Å². The highest BCUT2D eigenvalue weighted by molar-refractivity contribution is 6.06. The molecule has 0 heterocycles. The van der Waals surface area contributed by atoms with Crippen molar-refractivity contribution in [1.82, 2.24) is 0 Å². The molecule has 0 bridgehead atoms. The molecule has 22 heavy (non-hydrogen) atoms. The van der Waals surface area contributed by atoms with Crippen LogP contribution in [-0.2, 0) is 4.79 Å². The van der Waals surface area contributed by atoms with Crippen molar-refractivity contribution in [3.8, 4) is 0 Å². The van der Waals surface area contributed by atoms with Gasteiger partial charge in [0.1, 0.15) is 0 Å². The number of carbonyl (C=O) groups is 2. The molecule has 2 aromatic carbocycles. The summed E-state index contributed by atoms with van der Waals surface area (Å²) < 4.78 is 0. The van der Waals surface area contributed by atoms with Crippen LogP contribution in [0.4, 0.5) is 5.69 Å². The quantitative estimate of drug-likeness (QED) is 0.846. The zero-order chi connectivity index (χ0) is 16.1. The lowest BCUT2D eigenvalue weighted by Gasteiger charge is -2.06. The molecule has 0 saturated carbocycles. The van der Waals surface area contributed by atoms with Crippen LogP contribution in [0.1, 0.15) is 27.0 Å². The van der Waals surface area contributed by atoms with Crippen LogP contribution in [0.15, 0.2) is 48.5 Å². The number of nitrogens with one attached hydrogen (secondary N) is 1. The first kappa shape index (κ1) is 15.5. The van der Waals surface area contributed by atoms with E-state index in [0.717, 1.165) is 16.7 Å². The predicted molar refractivity (Wildman–Crippen MR) is 87.0 cm³/mol. The van der Waals surface area contributed by atoms with Crippen molar-refractivity contribution in [1.29, 1.82) is 0 Å². The van der Waals surface area contributed by atoms with E-state index in [-0.39, 0.29) is 17.2 Å². The predicted octanol–water partition coefficient (Wildman–Crippen LogP) is 3.65. The summed E-state index contributed by atoms with van der Waals surface area (Å²) >= 11 is 0. The molecule has 2 N–H and O–H groups in total. The number of anilines is 1. The van der Waals surface area contributed by atoms with Crippen molar-refractivity contribution in [3.63, 3.8) is 0 Å². The summed E-state index contributed by atoms with van der Waals surface area (Å²) in [6.07, 6.45) is 3.13. The van der Waals surface area contributed by atoms with E-state index in [1.807, 2.05) is 32.0 Å². The van der Waals surface area contributed by atoms with Gasteiger partial charge in [-0.3, -0.25) is 4.79 Å². The molecule has 0 unspecified atom stereocenters. The van der Waals surface area contributed by atoms with Gasteiger partial charge in [0.15, 0.2) is 0 Å². The van der Waals surface area contributed by atoms with Crippen molar-refractivity contribution >= 4 is 23.6 Å². The molecule has 112 valence electrons. The second-order valence-corrected chi connectivity index (χ2v) is 4.96. The molecule has 2 aromatic rings. The highest BCUT2D eigenvalue weighted by Gasteiger charge is 2.10. The fourth-order valence-corrected chi connectivity index (χ4v) is 2.07. The first-order valence-electron chi connectivity index (χ1n) is 6.86. The molecule has 4 heteroatoms. The molecule has 0 aliphatic heterocycles. The standard InChI is InChI=1S/C18H17NO3/c1-12-6-5-7-14(13(12)2)10-11-17(20)19-16-9-4-3-8-15(16)18(21)22/h3-11H,1-2H3,(H,19,20)(H,21,22). The Kier molecular flexibility index (Phi) is 4.73. The van der Waals surface area contributed by atoms with Crippen LogP contribution < -0.4 is 5.32 Å². The van der Waals surface area contributed by atoms with E-state index in [1.165, 1.54) is 12.1 Å². The van der Waals surface area contributed by atoms with Crippen molar-refractivity contribution in [2.24, 2.45) is 0 Å². The Labute approximate surface area is 129 Å². The number of hydrogen-bond acceptors (Lipinski definition) is 2. The molecule has 0 spiro atoms. The minimum Gasteiger partial charge on any atom is -0.478 e. The monoisotopic (exact) mass is 295 g/mol. The van der Waals surface area contributed by atoms with Crippen molar-refractivity contribution in [2.45, 2.75) is 13.8 Å². The maximum absolute atomic E-state index is 12.0. The van der Waals surface area contributed by atoms with Gasteiger partial charge in [-0.1, -0.05) is 30.3 Å². The van der Waals surface area contributed by atoms with Gasteiger partial charge < -0.3 is 10.4 Å². The first-order valence-corrected chi connectivity index (χ1v) is 6.86. The fraction of sp³-hybridized carbons (Fsp3) is 0.111. The fourth-order valence-electron chi connectivity index (χ4n) is 2.07. The number of carbonyl (C=O) groups excluding carboxylic acids is 1. The molecule has 0 fully saturated rings. The molecule has 0 aromatic heterocycles. The van der Waals surface area contributed by atoms with Gasteiger partial charge in [0, 0.05) is 6.08 Å². The molecule has 0 radical (unpaired) electrons. The van der Waals surface area contributed by atoms with Crippen molar-refractivity contribution in [3.05, 3.63) is 70.8 Å². The van der Waals surface area contributed by atoms with Gasteiger partial charge in [-0.05, 0) is 48.7 Å². The number of amides is 1. The van der Waals surface area contributed by atoms with Crippen LogP contribution in [0.25, 0.3) is 6.08 Å². The van der Waals surface area contributed by atoms with Crippen LogP contribution >= 0.6 is 0 Å². The number of aromatic carboxylic acids is 1. The normalized spacial score (nSPS) is 10.6. The lowest BCUT2D eigenvalue weighted by atomic mass is 10.0. The number of carboxylic acid groups (broad SMARTS) is 1. The van der Waals surface area contributed by atoms with Gasteiger partial charge in [0.2, 0.25) is 5.91 Å². The van der Waals surface area contributed by atoms with Crippen LogP contribution in [0.2, 0.25) is 0 Å². The summed E-state index contributed by atoms with van der Waals surface area (Å²) in [5.41, 5.74) is 3.57. The Morgan fingerprint density at radius 1 is 1.05 bits per heavy atom. The van der Waals surface area contributed by atoms with Crippen LogP contribution in [0.5, 0.6) is 0 Å². The highest BCUT2D eigenvalue weighted by Crippen LogP contribution is 2.16. The summed E-state index contributed by atoms with van der Waals surface area (Å²) in [4.78, 5) is 23.1. The molecular formula is C18H17NO3. The third-order valence-corrected chi connectivity index (χ3v) is 3.48. The average Bonchev–Trinajstić information content (AvgIpc) is 2.49. The molecule has 0 atom stereocenters. The van der Waals surface area contributed by atoms with E-state index in [4.69, 9.17) is 5.11 Å². The maximum Gasteiger partial charge on any atom is 0.337 e. The number of aryl methyl sites for hydroxylation is 1. The van der Waals surface area contributed by atoms with E-state index in [9.17, 15) is 9.59 Å². The van der Waals surface area contributed by atoms with E-state index >= 15 is 0 Å². The SMILES string of the molecule is Cc1cccc(C=CC(=O)Nc2ccccc2C(=O)O)c1C. The van der Waals surface area contributed by atoms with Crippen LogP contribution in [0.3, 0.4) is 0 Å². The molecular weight excluding hydrogens is 278 g/mol. The Morgan fingerprint density at radius 3 is 2.50 bits per heavy atom. The molecule has 0 saturated heterocycles. The molecule has 1 amide bonds. The largest absolute Gasteiger partial charge is 0.478 e. The van der Waals surface area contributed by atoms with Gasteiger partial charge in [-0.15, -0.1) is 0 Å². The second kappa shape index (κ2) is 6.72. The van der Waals surface area contributed by atoms with E-state index in [2.05, 4.69) is 5.32 Å². The average molecular weight is 295 g/mol. The topological polar surface area (TPSA) is 66.4 Å². The Morgan fingerprint density at radius 2 is 1.77 bits per heavy atom. The Bertz CT molecular complexity index is 748. The zero-order valence-corrected chi connectivity index (χ0v) is 12.5. The van der Waals surface area contributed by atoms with Gasteiger partial charge in [0.05, 0.1) is 11.3 Å². The number of hydrogen-bond donors (Lipinski definition) is 2. The number of para-hydroxylation sites is 1. The third-order valence-electron chi connectivity index (χ3n) is 3.48. The summed E-state index contributed by atoms with van der Waals surface area (Å²) in [5, 5.41) is 11.7. The Balaban J connectivity index is 2.15. The molecule has 0 aliphatic rings. The second-order valence-electron chi connectivity index (χ2n) is 4.96. The smallest absolute Gasteiger partial charge is 0.337 e. The van der Waals surface area contributed by atoms with Crippen LogP contribution in [0, 0.1) is 13.8 Å². The van der Waals surface area contributed by atoms with Gasteiger partial charge in [-0.25, -0.2) is 4.79 Å². The zero-order valence-electron chi connectivity index (χ0n) is 12.5. The van der Waals surface area contributed by atoms with E-state index < -0.39 is 5.97 Å². The number of benzene rings is 2. The van der Waals surface area contributed by atoms with Crippen molar-refractivity contribution in [2.75, 3.05) is 5.32 Å². The van der Waals surface area contributed by atoms with Crippen LogP contribution in [-0.4, -0.2) is 17.0 Å². The van der Waals surface area contributed by atoms with Gasteiger partial charge in [-0.2, -0.15) is 0 Å². The lowest BCUT2D eigenvalue weighted by Crippen LogP contribution is -2.11. The van der Waals surface area contributed by atoms with Gasteiger partial charge in [0.25, 0.3) is 0 Å². The first-order chi connectivity index (χ1) is 10.5. The summed E-state index contributed by atoms with van der Waals surface area (Å²) in [6.45, 7) is 4.00. The highest BCUT2D eigenvalue weighted by atomic mass is 16.4.